The summed E-state index contributed by atoms with van der Waals surface area (Å²) in [5.74, 6) is -8.00. The van der Waals surface area contributed by atoms with E-state index in [0.29, 0.717) is 34.0 Å². The first-order valence-corrected chi connectivity index (χ1v) is 29.0. The van der Waals surface area contributed by atoms with Gasteiger partial charge in [0.2, 0.25) is 5.82 Å². The molecule has 0 fully saturated rings. The number of hydrogen-bond acceptors (Lipinski definition) is 4. The molecule has 0 saturated heterocycles. The molecule has 12 aromatic rings. The van der Waals surface area contributed by atoms with Gasteiger partial charge in [-0.15, -0.1) is 0 Å². The minimum atomic E-state index is -2.22. The first kappa shape index (κ1) is 55.0. The van der Waals surface area contributed by atoms with Gasteiger partial charge in [0.25, 0.3) is 0 Å². The van der Waals surface area contributed by atoms with Crippen molar-refractivity contribution in [3.05, 3.63) is 233 Å². The number of aromatic nitrogens is 3. The summed E-state index contributed by atoms with van der Waals surface area (Å²) in [5.41, 5.74) is 10.3. The first-order valence-electron chi connectivity index (χ1n) is 29.0. The van der Waals surface area contributed by atoms with Gasteiger partial charge in [0.15, 0.2) is 23.3 Å². The number of anilines is 4. The van der Waals surface area contributed by atoms with Crippen LogP contribution < -0.4 is 14.5 Å². The zero-order valence-corrected chi connectivity index (χ0v) is 49.2. The van der Waals surface area contributed by atoms with Crippen molar-refractivity contribution in [3.8, 4) is 45.3 Å². The Balaban J connectivity index is 1.05. The average molecular weight is 1130 g/mol. The monoisotopic (exact) mass is 1130 g/mol. The highest BCUT2D eigenvalue weighted by atomic mass is 19.2. The maximum absolute atomic E-state index is 16.9. The van der Waals surface area contributed by atoms with E-state index in [4.69, 9.17) is 9.72 Å². The van der Waals surface area contributed by atoms with Crippen molar-refractivity contribution >= 4 is 66.4 Å². The maximum atomic E-state index is 16.9. The summed E-state index contributed by atoms with van der Waals surface area (Å²) < 4.78 is 92.0. The molecule has 85 heavy (non-hydrogen) atoms. The molecule has 11 heteroatoms. The predicted octanol–water partition coefficient (Wildman–Crippen LogP) is 21.2. The number of ether oxygens (including phenoxy) is 1. The lowest BCUT2D eigenvalue weighted by Gasteiger charge is -2.31. The Morgan fingerprint density at radius 3 is 1.52 bits per heavy atom. The number of rotatable bonds is 10. The van der Waals surface area contributed by atoms with Crippen LogP contribution in [0.4, 0.5) is 44.7 Å². The molecule has 4 heterocycles. The van der Waals surface area contributed by atoms with Crippen molar-refractivity contribution in [1.82, 2.24) is 14.1 Å². The van der Waals surface area contributed by atoms with E-state index in [0.717, 1.165) is 83.1 Å². The molecule has 13 rings (SSSR count). The Hall–Kier alpha value is -9.22. The van der Waals surface area contributed by atoms with Crippen molar-refractivity contribution in [3.63, 3.8) is 0 Å². The molecule has 1 aliphatic rings. The second kappa shape index (κ2) is 20.5. The minimum Gasteiger partial charge on any atom is -0.457 e. The third-order valence-electron chi connectivity index (χ3n) is 16.8. The largest absolute Gasteiger partial charge is 0.457 e. The van der Waals surface area contributed by atoms with Crippen LogP contribution in [-0.4, -0.2) is 20.8 Å². The summed E-state index contributed by atoms with van der Waals surface area (Å²) in [5, 5.41) is 4.25. The van der Waals surface area contributed by atoms with Crippen molar-refractivity contribution in [2.24, 2.45) is 0 Å². The van der Waals surface area contributed by atoms with E-state index in [9.17, 15) is 0 Å². The summed E-state index contributed by atoms with van der Waals surface area (Å²) in [6, 6.07) is 59.1. The van der Waals surface area contributed by atoms with Gasteiger partial charge in [0.1, 0.15) is 24.0 Å². The Labute approximate surface area is 492 Å². The quantitative estimate of drug-likeness (QED) is 0.0777. The van der Waals surface area contributed by atoms with Gasteiger partial charge in [-0.05, 0) is 123 Å². The third-order valence-corrected chi connectivity index (χ3v) is 16.8. The van der Waals surface area contributed by atoms with E-state index in [1.165, 1.54) is 0 Å². The second-order valence-corrected chi connectivity index (χ2v) is 25.1. The van der Waals surface area contributed by atoms with Crippen molar-refractivity contribution in [2.75, 3.05) is 16.5 Å². The summed E-state index contributed by atoms with van der Waals surface area (Å²) in [6.45, 7) is 21.0. The molecular formula is C74H64F5N5O. The van der Waals surface area contributed by atoms with E-state index >= 15 is 22.0 Å². The molecule has 0 radical (unpaired) electrons. The third kappa shape index (κ3) is 9.35. The fourth-order valence-corrected chi connectivity index (χ4v) is 12.3. The smallest absolute Gasteiger partial charge is 0.200 e. The molecule has 0 atom stereocenters. The van der Waals surface area contributed by atoms with Gasteiger partial charge in [-0.2, -0.15) is 0 Å². The average Bonchev–Trinajstić information content (AvgIpc) is 2.06. The summed E-state index contributed by atoms with van der Waals surface area (Å²) in [4.78, 5) is 8.99. The Kier molecular flexibility index (Phi) is 13.3. The van der Waals surface area contributed by atoms with Crippen LogP contribution in [0.15, 0.2) is 182 Å². The highest BCUT2D eigenvalue weighted by Gasteiger charge is 2.37. The molecule has 426 valence electrons. The highest BCUT2D eigenvalue weighted by Crippen LogP contribution is 2.54. The van der Waals surface area contributed by atoms with E-state index in [1.54, 1.807) is 6.07 Å². The molecule has 0 bridgehead atoms. The van der Waals surface area contributed by atoms with Gasteiger partial charge in [-0.25, -0.2) is 26.9 Å². The van der Waals surface area contributed by atoms with Crippen LogP contribution >= 0.6 is 0 Å². The molecule has 0 amide bonds. The van der Waals surface area contributed by atoms with Crippen LogP contribution in [0.2, 0.25) is 0 Å². The molecule has 0 N–H and O–H groups in total. The van der Waals surface area contributed by atoms with E-state index in [-0.39, 0.29) is 35.2 Å². The topological polar surface area (TPSA) is 38.5 Å². The van der Waals surface area contributed by atoms with Crippen LogP contribution in [0.25, 0.3) is 77.4 Å². The Morgan fingerprint density at radius 2 is 0.941 bits per heavy atom. The number of nitrogens with zero attached hydrogens (tertiary/aromatic N) is 5. The normalized spacial score (nSPS) is 13.0. The highest BCUT2D eigenvalue weighted by molar-refractivity contribution is 6.11. The molecule has 0 unspecified atom stereocenters. The lowest BCUT2D eigenvalue weighted by molar-refractivity contribution is 0.381. The van der Waals surface area contributed by atoms with Gasteiger partial charge < -0.3 is 19.1 Å². The molecule has 0 spiro atoms. The molecule has 1 aliphatic heterocycles. The van der Waals surface area contributed by atoms with Crippen molar-refractivity contribution < 1.29 is 26.7 Å². The van der Waals surface area contributed by atoms with Gasteiger partial charge in [-0.1, -0.05) is 154 Å². The van der Waals surface area contributed by atoms with E-state index < -0.39 is 40.1 Å². The minimum absolute atomic E-state index is 0.0489. The molecule has 3 aromatic heterocycles. The van der Waals surface area contributed by atoms with E-state index in [2.05, 4.69) is 147 Å². The molecule has 9 aromatic carbocycles. The summed E-state index contributed by atoms with van der Waals surface area (Å²) in [6.07, 6.45) is 1.87. The van der Waals surface area contributed by atoms with Crippen LogP contribution in [0.5, 0.6) is 11.5 Å². The number of benzene rings is 9. The Bertz CT molecular complexity index is 4570. The molecule has 0 aliphatic carbocycles. The Morgan fingerprint density at radius 1 is 0.435 bits per heavy atom. The van der Waals surface area contributed by atoms with Crippen LogP contribution in [0, 0.1) is 29.1 Å². The standard InChI is InChI=1S/C74H64F5N5O/c1-42(2)44-31-45(43(3)4)33-46(32-44)57-34-48(74(8,9)10)35-58(66-67(75)69(77)71(79)70(78)68(66)76)72(57)82-41-81(62-25-17-18-26-63(62)82)49-37-50(83-59-22-14-11-19-53(59)54-20-12-15-23-60(54)83)39-52(38-49)85-51-27-28-56-55-21-13-16-24-61(55)84(64(56)40-51)65-36-47(29-30-80-65)73(5,6)7/h11-40,42-43H,41H2,1-10H3. The van der Waals surface area contributed by atoms with Gasteiger partial charge in [0.05, 0.1) is 50.4 Å². The summed E-state index contributed by atoms with van der Waals surface area (Å²) >= 11 is 0. The fraction of sp³-hybridized carbons (Fsp3) is 0.203. The zero-order valence-electron chi connectivity index (χ0n) is 49.2. The number of hydrogen-bond donors (Lipinski definition) is 0. The number of para-hydroxylation sites is 5. The SMILES string of the molecule is CC(C)c1cc(-c2cc(C(C)(C)C)cc(-c3c(F)c(F)c(F)c(F)c3F)c2N2CN(c3cc(Oc4ccc5c6ccccc6n(-c6cc(C(C)(C)C)ccn6)c5c4)cc(-n4c5ccccc5c5ccccc54)c3)c3ccccc32)cc(C(C)C)c1. The molecule has 6 nitrogen and oxygen atoms in total. The number of fused-ring (bicyclic) bond motifs is 7. The van der Waals surface area contributed by atoms with Gasteiger partial charge in [0, 0.05) is 62.8 Å². The molecule has 0 saturated carbocycles. The molecular weight excluding hydrogens is 1070 g/mol. The van der Waals surface area contributed by atoms with Gasteiger partial charge >= 0.3 is 0 Å². The van der Waals surface area contributed by atoms with Crippen LogP contribution in [0.3, 0.4) is 0 Å². The lowest BCUT2D eigenvalue weighted by atomic mass is 9.81. The summed E-state index contributed by atoms with van der Waals surface area (Å²) in [7, 11) is 0. The maximum Gasteiger partial charge on any atom is 0.200 e. The first-order chi connectivity index (χ1) is 40.6. The van der Waals surface area contributed by atoms with Crippen LogP contribution in [-0.2, 0) is 10.8 Å². The van der Waals surface area contributed by atoms with Crippen molar-refractivity contribution in [1.29, 1.82) is 0 Å². The van der Waals surface area contributed by atoms with Crippen molar-refractivity contribution in [2.45, 2.75) is 91.9 Å². The van der Waals surface area contributed by atoms with E-state index in [1.807, 2.05) is 117 Å². The zero-order chi connectivity index (χ0) is 59.5. The second-order valence-electron chi connectivity index (χ2n) is 25.1. The number of halogens is 5. The van der Waals surface area contributed by atoms with Crippen LogP contribution in [0.1, 0.15) is 103 Å². The lowest BCUT2D eigenvalue weighted by Crippen LogP contribution is -2.26. The number of pyridine rings is 1. The van der Waals surface area contributed by atoms with Gasteiger partial charge in [-0.3, -0.25) is 4.57 Å². The predicted molar refractivity (Wildman–Crippen MR) is 338 cm³/mol. The fourth-order valence-electron chi connectivity index (χ4n) is 12.3.